The summed E-state index contributed by atoms with van der Waals surface area (Å²) in [6.07, 6.45) is 0.650. The summed E-state index contributed by atoms with van der Waals surface area (Å²) >= 11 is 0. The molecule has 5 heteroatoms. The van der Waals surface area contributed by atoms with Crippen molar-refractivity contribution in [3.63, 3.8) is 0 Å². The van der Waals surface area contributed by atoms with Crippen molar-refractivity contribution in [3.8, 4) is 0 Å². The van der Waals surface area contributed by atoms with Gasteiger partial charge in [-0.15, -0.1) is 0 Å². The zero-order chi connectivity index (χ0) is 12.8. The molecule has 0 aliphatic rings. The quantitative estimate of drug-likeness (QED) is 0.407. The minimum Gasteiger partial charge on any atom is -0.465 e. The van der Waals surface area contributed by atoms with Gasteiger partial charge in [-0.1, -0.05) is 0 Å². The van der Waals surface area contributed by atoms with Crippen molar-refractivity contribution in [1.29, 1.82) is 0 Å². The normalized spacial score (nSPS) is 10.1. The third kappa shape index (κ3) is 3.35. The van der Waals surface area contributed by atoms with E-state index >= 15 is 0 Å². The van der Waals surface area contributed by atoms with Crippen LogP contribution in [0.15, 0.2) is 12.1 Å². The Kier molecular flexibility index (Phi) is 4.78. The Morgan fingerprint density at radius 2 is 2.24 bits per heavy atom. The maximum Gasteiger partial charge on any atom is 0.340 e. The molecule has 0 saturated carbocycles. The lowest BCUT2D eigenvalue weighted by molar-refractivity contribution is 0.0602. The van der Waals surface area contributed by atoms with E-state index in [-0.39, 0.29) is 6.61 Å². The number of rotatable bonds is 5. The van der Waals surface area contributed by atoms with Gasteiger partial charge in [-0.25, -0.2) is 4.79 Å². The minimum absolute atomic E-state index is 0.130. The molecule has 5 nitrogen and oxygen atoms in total. The number of aliphatic hydroxyl groups excluding tert-OH is 1. The molecular formula is C12H18N2O3. The first-order chi connectivity index (χ1) is 8.10. The van der Waals surface area contributed by atoms with E-state index in [0.29, 0.717) is 24.2 Å². The lowest BCUT2D eigenvalue weighted by atomic mass is 10.1. The minimum atomic E-state index is -0.448. The summed E-state index contributed by atoms with van der Waals surface area (Å²) in [6.45, 7) is 2.60. The molecule has 0 aromatic heterocycles. The predicted octanol–water partition coefficient (Wildman–Crippen LogP) is 1.16. The number of ether oxygens (including phenoxy) is 1. The van der Waals surface area contributed by atoms with E-state index in [2.05, 4.69) is 10.1 Å². The monoisotopic (exact) mass is 238 g/mol. The number of nitrogens with two attached hydrogens (primary N) is 1. The van der Waals surface area contributed by atoms with E-state index in [9.17, 15) is 4.79 Å². The van der Waals surface area contributed by atoms with Crippen LogP contribution >= 0.6 is 0 Å². The summed E-state index contributed by atoms with van der Waals surface area (Å²) in [6, 6.07) is 3.52. The first kappa shape index (κ1) is 13.3. The Morgan fingerprint density at radius 3 is 2.82 bits per heavy atom. The molecule has 0 bridgehead atoms. The third-order valence-electron chi connectivity index (χ3n) is 2.46. The second-order valence-corrected chi connectivity index (χ2v) is 3.75. The van der Waals surface area contributed by atoms with Gasteiger partial charge in [-0.05, 0) is 31.0 Å². The number of hydrogen-bond acceptors (Lipinski definition) is 5. The van der Waals surface area contributed by atoms with E-state index in [1.54, 1.807) is 6.07 Å². The molecule has 94 valence electrons. The van der Waals surface area contributed by atoms with Crippen molar-refractivity contribution in [2.75, 3.05) is 31.3 Å². The largest absolute Gasteiger partial charge is 0.465 e. The summed E-state index contributed by atoms with van der Waals surface area (Å²) in [5.41, 5.74) is 8.22. The maximum absolute atomic E-state index is 11.5. The highest BCUT2D eigenvalue weighted by Crippen LogP contribution is 2.23. The van der Waals surface area contributed by atoms with Crippen molar-refractivity contribution in [2.45, 2.75) is 13.3 Å². The molecule has 0 aliphatic heterocycles. The Labute approximate surface area is 101 Å². The molecule has 0 amide bonds. The van der Waals surface area contributed by atoms with Crippen LogP contribution in [0, 0.1) is 6.92 Å². The molecule has 1 rings (SSSR count). The van der Waals surface area contributed by atoms with Crippen LogP contribution in [-0.2, 0) is 4.74 Å². The smallest absolute Gasteiger partial charge is 0.340 e. The summed E-state index contributed by atoms with van der Waals surface area (Å²) in [5.74, 6) is -0.448. The summed E-state index contributed by atoms with van der Waals surface area (Å²) in [7, 11) is 1.32. The average Bonchev–Trinajstić information content (AvgIpc) is 2.32. The number of methoxy groups -OCH3 is 1. The van der Waals surface area contributed by atoms with Crippen LogP contribution in [0.2, 0.25) is 0 Å². The van der Waals surface area contributed by atoms with Crippen LogP contribution in [0.5, 0.6) is 0 Å². The summed E-state index contributed by atoms with van der Waals surface area (Å²) in [5, 5.41) is 11.8. The highest BCUT2D eigenvalue weighted by atomic mass is 16.5. The Bertz CT molecular complexity index is 405. The first-order valence-electron chi connectivity index (χ1n) is 5.43. The molecule has 0 fully saturated rings. The van der Waals surface area contributed by atoms with Gasteiger partial charge in [-0.2, -0.15) is 0 Å². The highest BCUT2D eigenvalue weighted by Gasteiger charge is 2.13. The number of esters is 1. The Balaban J connectivity index is 2.93. The molecule has 1 aromatic carbocycles. The van der Waals surface area contributed by atoms with E-state index < -0.39 is 5.97 Å². The SMILES string of the molecule is COC(=O)c1cc(NCCCO)cc(C)c1N. The molecule has 0 spiro atoms. The molecule has 0 saturated heterocycles. The van der Waals surface area contributed by atoms with Gasteiger partial charge >= 0.3 is 5.97 Å². The van der Waals surface area contributed by atoms with Crippen LogP contribution in [0.1, 0.15) is 22.3 Å². The zero-order valence-electron chi connectivity index (χ0n) is 10.1. The maximum atomic E-state index is 11.5. The van der Waals surface area contributed by atoms with Gasteiger partial charge in [0.1, 0.15) is 0 Å². The molecule has 1 aromatic rings. The first-order valence-corrected chi connectivity index (χ1v) is 5.43. The number of anilines is 2. The summed E-state index contributed by atoms with van der Waals surface area (Å²) in [4.78, 5) is 11.5. The highest BCUT2D eigenvalue weighted by molar-refractivity contribution is 5.97. The topological polar surface area (TPSA) is 84.6 Å². The number of nitrogens with one attached hydrogen (secondary N) is 1. The van der Waals surface area contributed by atoms with Gasteiger partial charge < -0.3 is 20.9 Å². The zero-order valence-corrected chi connectivity index (χ0v) is 10.1. The van der Waals surface area contributed by atoms with Gasteiger partial charge in [0.05, 0.1) is 12.7 Å². The van der Waals surface area contributed by atoms with Crippen molar-refractivity contribution < 1.29 is 14.6 Å². The number of carbonyl (C=O) groups is 1. The molecule has 0 heterocycles. The standard InChI is InChI=1S/C12H18N2O3/c1-8-6-9(14-4-3-5-15)7-10(11(8)13)12(16)17-2/h6-7,14-15H,3-5,13H2,1-2H3. The second-order valence-electron chi connectivity index (χ2n) is 3.75. The van der Waals surface area contributed by atoms with Gasteiger partial charge in [0.25, 0.3) is 0 Å². The number of nitrogen functional groups attached to an aromatic ring is 1. The predicted molar refractivity (Wildman–Crippen MR) is 67.1 cm³/mol. The lowest BCUT2D eigenvalue weighted by Gasteiger charge is -2.11. The van der Waals surface area contributed by atoms with E-state index in [4.69, 9.17) is 10.8 Å². The van der Waals surface area contributed by atoms with Crippen LogP contribution in [0.3, 0.4) is 0 Å². The molecular weight excluding hydrogens is 220 g/mol. The van der Waals surface area contributed by atoms with Gasteiger partial charge in [0, 0.05) is 24.5 Å². The van der Waals surface area contributed by atoms with Crippen LogP contribution < -0.4 is 11.1 Å². The molecule has 0 aliphatic carbocycles. The van der Waals surface area contributed by atoms with Gasteiger partial charge in [0.2, 0.25) is 0 Å². The Hall–Kier alpha value is -1.75. The average molecular weight is 238 g/mol. The van der Waals surface area contributed by atoms with Gasteiger partial charge in [0.15, 0.2) is 0 Å². The number of carbonyl (C=O) groups excluding carboxylic acids is 1. The van der Waals surface area contributed by atoms with Crippen molar-refractivity contribution in [1.82, 2.24) is 0 Å². The molecule has 0 atom stereocenters. The van der Waals surface area contributed by atoms with Crippen LogP contribution in [0.4, 0.5) is 11.4 Å². The second kappa shape index (κ2) is 6.10. The van der Waals surface area contributed by atoms with Crippen molar-refractivity contribution in [3.05, 3.63) is 23.3 Å². The van der Waals surface area contributed by atoms with E-state index in [0.717, 1.165) is 11.3 Å². The number of hydrogen-bond donors (Lipinski definition) is 3. The Morgan fingerprint density at radius 1 is 1.53 bits per heavy atom. The fourth-order valence-corrected chi connectivity index (χ4v) is 1.49. The lowest BCUT2D eigenvalue weighted by Crippen LogP contribution is -2.10. The van der Waals surface area contributed by atoms with E-state index in [1.807, 2.05) is 13.0 Å². The summed E-state index contributed by atoms with van der Waals surface area (Å²) < 4.78 is 4.67. The van der Waals surface area contributed by atoms with Gasteiger partial charge in [-0.3, -0.25) is 0 Å². The molecule has 0 unspecified atom stereocenters. The molecule has 17 heavy (non-hydrogen) atoms. The molecule has 0 radical (unpaired) electrons. The van der Waals surface area contributed by atoms with Crippen LogP contribution in [0.25, 0.3) is 0 Å². The third-order valence-corrected chi connectivity index (χ3v) is 2.46. The fourth-order valence-electron chi connectivity index (χ4n) is 1.49. The van der Waals surface area contributed by atoms with Crippen molar-refractivity contribution in [2.24, 2.45) is 0 Å². The fraction of sp³-hybridized carbons (Fsp3) is 0.417. The number of aryl methyl sites for hydroxylation is 1. The number of benzene rings is 1. The van der Waals surface area contributed by atoms with E-state index in [1.165, 1.54) is 7.11 Å². The molecule has 4 N–H and O–H groups in total. The number of aliphatic hydroxyl groups is 1. The van der Waals surface area contributed by atoms with Crippen LogP contribution in [-0.4, -0.2) is 31.3 Å². The van der Waals surface area contributed by atoms with Crippen molar-refractivity contribution >= 4 is 17.3 Å².